The molecular formula is C15H12ClN3O2. The monoisotopic (exact) mass is 301 g/mol. The predicted octanol–water partition coefficient (Wildman–Crippen LogP) is 3.01. The molecule has 1 N–H and O–H groups in total. The maximum absolute atomic E-state index is 11.3. The molecule has 6 heteroatoms. The molecule has 0 atom stereocenters. The van der Waals surface area contributed by atoms with Crippen LogP contribution in [-0.4, -0.2) is 18.1 Å². The number of carbonyl (C=O) groups is 1. The Balaban J connectivity index is 2.06. The molecule has 2 aromatic rings. The number of esters is 1. The number of methoxy groups -OCH3 is 1. The smallest absolute Gasteiger partial charge is 0.339 e. The number of aromatic nitrogens is 1. The van der Waals surface area contributed by atoms with E-state index in [1.165, 1.54) is 13.3 Å². The fourth-order valence-corrected chi connectivity index (χ4v) is 1.87. The van der Waals surface area contributed by atoms with Crippen LogP contribution >= 0.6 is 11.6 Å². The first kappa shape index (κ1) is 14.8. The van der Waals surface area contributed by atoms with Gasteiger partial charge in [-0.15, -0.1) is 0 Å². The molecule has 1 aromatic heterocycles. The summed E-state index contributed by atoms with van der Waals surface area (Å²) in [6, 6.07) is 10.4. The van der Waals surface area contributed by atoms with Gasteiger partial charge in [-0.05, 0) is 30.3 Å². The van der Waals surface area contributed by atoms with Crippen molar-refractivity contribution >= 4 is 23.3 Å². The third-order valence-corrected chi connectivity index (χ3v) is 3.13. The van der Waals surface area contributed by atoms with Crippen molar-refractivity contribution in [1.82, 2.24) is 4.98 Å². The summed E-state index contributed by atoms with van der Waals surface area (Å²) in [4.78, 5) is 15.5. The van der Waals surface area contributed by atoms with Gasteiger partial charge in [0.25, 0.3) is 0 Å². The lowest BCUT2D eigenvalue weighted by Crippen LogP contribution is -2.05. The molecular weight excluding hydrogens is 290 g/mol. The molecule has 0 radical (unpaired) electrons. The van der Waals surface area contributed by atoms with Gasteiger partial charge >= 0.3 is 5.97 Å². The molecule has 0 aliphatic heterocycles. The van der Waals surface area contributed by atoms with E-state index in [4.69, 9.17) is 16.9 Å². The van der Waals surface area contributed by atoms with E-state index in [0.29, 0.717) is 28.4 Å². The number of anilines is 1. The van der Waals surface area contributed by atoms with Gasteiger partial charge in [0, 0.05) is 6.20 Å². The molecule has 0 spiro atoms. The van der Waals surface area contributed by atoms with Crippen LogP contribution in [0.15, 0.2) is 36.5 Å². The molecule has 0 unspecified atom stereocenters. The summed E-state index contributed by atoms with van der Waals surface area (Å²) in [5.74, 6) is -0.424. The SMILES string of the molecule is COC(=O)c1ccc(CNc2cc(C#N)ccc2Cl)nc1. The number of carbonyl (C=O) groups excluding carboxylic acids is 1. The number of hydrogen-bond donors (Lipinski definition) is 1. The Hall–Kier alpha value is -2.58. The highest BCUT2D eigenvalue weighted by Gasteiger charge is 2.06. The summed E-state index contributed by atoms with van der Waals surface area (Å²) in [5.41, 5.74) is 2.32. The molecule has 0 saturated carbocycles. The number of pyridine rings is 1. The molecule has 0 aliphatic rings. The van der Waals surface area contributed by atoms with Crippen molar-refractivity contribution in [2.45, 2.75) is 6.54 Å². The summed E-state index contributed by atoms with van der Waals surface area (Å²) in [7, 11) is 1.32. The molecule has 106 valence electrons. The van der Waals surface area contributed by atoms with Crippen molar-refractivity contribution in [3.63, 3.8) is 0 Å². The van der Waals surface area contributed by atoms with E-state index in [1.54, 1.807) is 30.3 Å². The lowest BCUT2D eigenvalue weighted by atomic mass is 10.2. The van der Waals surface area contributed by atoms with Crippen LogP contribution in [-0.2, 0) is 11.3 Å². The Morgan fingerprint density at radius 1 is 1.43 bits per heavy atom. The summed E-state index contributed by atoms with van der Waals surface area (Å²) < 4.78 is 4.60. The minimum atomic E-state index is -0.424. The van der Waals surface area contributed by atoms with E-state index in [0.717, 1.165) is 5.69 Å². The van der Waals surface area contributed by atoms with E-state index in [-0.39, 0.29) is 0 Å². The topological polar surface area (TPSA) is 75.0 Å². The van der Waals surface area contributed by atoms with Gasteiger partial charge in [0.1, 0.15) is 0 Å². The predicted molar refractivity (Wildman–Crippen MR) is 79.1 cm³/mol. The quantitative estimate of drug-likeness (QED) is 0.879. The van der Waals surface area contributed by atoms with Crippen molar-refractivity contribution < 1.29 is 9.53 Å². The normalized spacial score (nSPS) is 9.76. The summed E-state index contributed by atoms with van der Waals surface area (Å²) >= 11 is 6.05. The maximum atomic E-state index is 11.3. The molecule has 2 rings (SSSR count). The highest BCUT2D eigenvalue weighted by molar-refractivity contribution is 6.33. The standard InChI is InChI=1S/C15H12ClN3O2/c1-21-15(20)11-3-4-12(18-8-11)9-19-14-6-10(7-17)2-5-13(14)16/h2-6,8,19H,9H2,1H3. The first-order valence-corrected chi connectivity index (χ1v) is 6.48. The number of benzene rings is 1. The Bertz CT molecular complexity index is 693. The zero-order valence-corrected chi connectivity index (χ0v) is 12.0. The minimum absolute atomic E-state index is 0.394. The highest BCUT2D eigenvalue weighted by Crippen LogP contribution is 2.23. The molecule has 0 fully saturated rings. The second-order valence-corrected chi connectivity index (χ2v) is 4.60. The fourth-order valence-electron chi connectivity index (χ4n) is 1.68. The van der Waals surface area contributed by atoms with Crippen LogP contribution in [0.2, 0.25) is 5.02 Å². The van der Waals surface area contributed by atoms with Crippen LogP contribution in [0.1, 0.15) is 21.6 Å². The second-order valence-electron chi connectivity index (χ2n) is 4.19. The molecule has 1 heterocycles. The molecule has 0 bridgehead atoms. The number of hydrogen-bond acceptors (Lipinski definition) is 5. The van der Waals surface area contributed by atoms with Gasteiger partial charge in [-0.3, -0.25) is 4.98 Å². The maximum Gasteiger partial charge on any atom is 0.339 e. The second kappa shape index (κ2) is 6.73. The van der Waals surface area contributed by atoms with Crippen molar-refractivity contribution in [2.75, 3.05) is 12.4 Å². The number of ether oxygens (including phenoxy) is 1. The van der Waals surface area contributed by atoms with Crippen molar-refractivity contribution in [3.05, 3.63) is 58.4 Å². The zero-order chi connectivity index (χ0) is 15.2. The first-order chi connectivity index (χ1) is 10.1. The highest BCUT2D eigenvalue weighted by atomic mass is 35.5. The average molecular weight is 302 g/mol. The number of nitrogens with zero attached hydrogens (tertiary/aromatic N) is 2. The molecule has 0 saturated heterocycles. The van der Waals surface area contributed by atoms with Gasteiger partial charge in [0.2, 0.25) is 0 Å². The van der Waals surface area contributed by atoms with Gasteiger partial charge in [-0.2, -0.15) is 5.26 Å². The lowest BCUT2D eigenvalue weighted by molar-refractivity contribution is 0.0600. The summed E-state index contributed by atoms with van der Waals surface area (Å²) in [5, 5.41) is 12.5. The lowest BCUT2D eigenvalue weighted by Gasteiger charge is -2.08. The third kappa shape index (κ3) is 3.71. The molecule has 1 aromatic carbocycles. The Labute approximate surface area is 127 Å². The van der Waals surface area contributed by atoms with E-state index < -0.39 is 5.97 Å². The van der Waals surface area contributed by atoms with Crippen LogP contribution in [0, 0.1) is 11.3 Å². The fraction of sp³-hybridized carbons (Fsp3) is 0.133. The van der Waals surface area contributed by atoms with E-state index in [2.05, 4.69) is 21.1 Å². The number of rotatable bonds is 4. The van der Waals surface area contributed by atoms with E-state index in [1.807, 2.05) is 0 Å². The Morgan fingerprint density at radius 3 is 2.86 bits per heavy atom. The average Bonchev–Trinajstić information content (AvgIpc) is 2.54. The zero-order valence-electron chi connectivity index (χ0n) is 11.3. The molecule has 21 heavy (non-hydrogen) atoms. The molecule has 0 amide bonds. The van der Waals surface area contributed by atoms with Crippen molar-refractivity contribution in [2.24, 2.45) is 0 Å². The van der Waals surface area contributed by atoms with Gasteiger partial charge < -0.3 is 10.1 Å². The molecule has 0 aliphatic carbocycles. The van der Waals surface area contributed by atoms with Gasteiger partial charge in [-0.1, -0.05) is 11.6 Å². The summed E-state index contributed by atoms with van der Waals surface area (Å²) in [6.45, 7) is 0.427. The number of nitriles is 1. The van der Waals surface area contributed by atoms with Crippen LogP contribution in [0.3, 0.4) is 0 Å². The van der Waals surface area contributed by atoms with Crippen LogP contribution < -0.4 is 5.32 Å². The third-order valence-electron chi connectivity index (χ3n) is 2.80. The number of halogens is 1. The van der Waals surface area contributed by atoms with Gasteiger partial charge in [0.05, 0.1) is 47.3 Å². The van der Waals surface area contributed by atoms with Crippen molar-refractivity contribution in [1.29, 1.82) is 5.26 Å². The molecule has 5 nitrogen and oxygen atoms in total. The van der Waals surface area contributed by atoms with Gasteiger partial charge in [-0.25, -0.2) is 4.79 Å². The summed E-state index contributed by atoms with van der Waals surface area (Å²) in [6.07, 6.45) is 1.45. The van der Waals surface area contributed by atoms with E-state index >= 15 is 0 Å². The Kier molecular flexibility index (Phi) is 4.75. The first-order valence-electron chi connectivity index (χ1n) is 6.11. The number of nitrogens with one attached hydrogen (secondary N) is 1. The van der Waals surface area contributed by atoms with Crippen LogP contribution in [0.5, 0.6) is 0 Å². The minimum Gasteiger partial charge on any atom is -0.465 e. The van der Waals surface area contributed by atoms with Crippen molar-refractivity contribution in [3.8, 4) is 6.07 Å². The van der Waals surface area contributed by atoms with Crippen LogP contribution in [0.25, 0.3) is 0 Å². The van der Waals surface area contributed by atoms with Gasteiger partial charge in [0.15, 0.2) is 0 Å². The largest absolute Gasteiger partial charge is 0.465 e. The van der Waals surface area contributed by atoms with E-state index in [9.17, 15) is 4.79 Å². The van der Waals surface area contributed by atoms with Crippen LogP contribution in [0.4, 0.5) is 5.69 Å². The Morgan fingerprint density at radius 2 is 2.24 bits per heavy atom.